The number of pyridine rings is 1. The van der Waals surface area contributed by atoms with Gasteiger partial charge in [-0.3, -0.25) is 4.79 Å². The van der Waals surface area contributed by atoms with E-state index in [1.807, 2.05) is 37.3 Å². The summed E-state index contributed by atoms with van der Waals surface area (Å²) in [6.45, 7) is 10.8. The van der Waals surface area contributed by atoms with Crippen molar-refractivity contribution in [2.45, 2.75) is 52.9 Å². The normalized spacial score (nSPS) is 18.7. The average molecular weight is 437 g/mol. The van der Waals surface area contributed by atoms with E-state index in [4.69, 9.17) is 9.47 Å². The number of carbonyl (C=O) groups is 1. The molecule has 1 aliphatic rings. The standard InChI is InChI=1S/C25H32N4O3/c1-6-11-29-18(4)24(21-12-20(31-5)8-9-22(21)29)25(30)27-19-7-10-23(26-13-19)28-14-16(2)32-17(3)15-28/h7-10,12-13,16-17H,6,11,14-15H2,1-5H3,(H,27,30). The summed E-state index contributed by atoms with van der Waals surface area (Å²) < 4.78 is 13.4. The van der Waals surface area contributed by atoms with Crippen molar-refractivity contribution in [2.75, 3.05) is 30.4 Å². The number of carbonyl (C=O) groups excluding carboxylic acids is 1. The van der Waals surface area contributed by atoms with Gasteiger partial charge in [-0.1, -0.05) is 6.92 Å². The number of fused-ring (bicyclic) bond motifs is 1. The maximum absolute atomic E-state index is 13.3. The van der Waals surface area contributed by atoms with Gasteiger partial charge in [0.2, 0.25) is 0 Å². The molecule has 2 unspecified atom stereocenters. The second kappa shape index (κ2) is 9.20. The number of aromatic nitrogens is 2. The van der Waals surface area contributed by atoms with Crippen molar-refractivity contribution in [3.8, 4) is 5.75 Å². The molecule has 0 saturated carbocycles. The number of anilines is 2. The highest BCUT2D eigenvalue weighted by atomic mass is 16.5. The average Bonchev–Trinajstić information content (AvgIpc) is 3.04. The predicted octanol–water partition coefficient (Wildman–Crippen LogP) is 4.63. The zero-order chi connectivity index (χ0) is 22.8. The number of nitrogens with zero attached hydrogens (tertiary/aromatic N) is 3. The van der Waals surface area contributed by atoms with Gasteiger partial charge in [0.1, 0.15) is 11.6 Å². The van der Waals surface area contributed by atoms with Gasteiger partial charge in [0.15, 0.2) is 0 Å². The van der Waals surface area contributed by atoms with Gasteiger partial charge in [-0.15, -0.1) is 0 Å². The molecule has 3 heterocycles. The Bertz CT molecular complexity index is 1100. The number of hydrogen-bond donors (Lipinski definition) is 1. The van der Waals surface area contributed by atoms with Crippen molar-refractivity contribution in [1.82, 2.24) is 9.55 Å². The van der Waals surface area contributed by atoms with E-state index < -0.39 is 0 Å². The van der Waals surface area contributed by atoms with Gasteiger partial charge in [0, 0.05) is 36.2 Å². The highest BCUT2D eigenvalue weighted by Gasteiger charge is 2.24. The summed E-state index contributed by atoms with van der Waals surface area (Å²) in [6.07, 6.45) is 3.04. The highest BCUT2D eigenvalue weighted by Crippen LogP contribution is 2.30. The van der Waals surface area contributed by atoms with Crippen LogP contribution in [0.25, 0.3) is 10.9 Å². The van der Waals surface area contributed by atoms with Crippen molar-refractivity contribution in [2.24, 2.45) is 0 Å². The fraction of sp³-hybridized carbons (Fsp3) is 0.440. The van der Waals surface area contributed by atoms with E-state index in [1.165, 1.54) is 0 Å². The minimum absolute atomic E-state index is 0.140. The Morgan fingerprint density at radius 3 is 2.59 bits per heavy atom. The minimum Gasteiger partial charge on any atom is -0.497 e. The van der Waals surface area contributed by atoms with E-state index in [0.717, 1.165) is 54.2 Å². The molecule has 0 spiro atoms. The minimum atomic E-state index is -0.140. The molecule has 1 N–H and O–H groups in total. The quantitative estimate of drug-likeness (QED) is 0.610. The largest absolute Gasteiger partial charge is 0.497 e. The molecule has 3 aromatic rings. The maximum atomic E-state index is 13.3. The van der Waals surface area contributed by atoms with E-state index in [-0.39, 0.29) is 18.1 Å². The molecule has 1 fully saturated rings. The fourth-order valence-corrected chi connectivity index (χ4v) is 4.59. The molecular formula is C25H32N4O3. The number of aryl methyl sites for hydroxylation is 1. The third-order valence-electron chi connectivity index (χ3n) is 5.95. The summed E-state index contributed by atoms with van der Waals surface area (Å²) in [5.41, 5.74) is 3.34. The second-order valence-corrected chi connectivity index (χ2v) is 8.52. The molecule has 0 bridgehead atoms. The number of benzene rings is 1. The molecule has 2 atom stereocenters. The van der Waals surface area contributed by atoms with Gasteiger partial charge in [-0.05, 0) is 57.5 Å². The van der Waals surface area contributed by atoms with E-state index in [9.17, 15) is 4.79 Å². The lowest BCUT2D eigenvalue weighted by Gasteiger charge is -2.36. The van der Waals surface area contributed by atoms with Gasteiger partial charge < -0.3 is 24.3 Å². The molecule has 1 amide bonds. The monoisotopic (exact) mass is 436 g/mol. The Morgan fingerprint density at radius 2 is 1.97 bits per heavy atom. The Morgan fingerprint density at radius 1 is 1.22 bits per heavy atom. The number of nitrogens with one attached hydrogen (secondary N) is 1. The van der Waals surface area contributed by atoms with Crippen molar-refractivity contribution in [1.29, 1.82) is 0 Å². The van der Waals surface area contributed by atoms with Crippen LogP contribution in [0.15, 0.2) is 36.5 Å². The van der Waals surface area contributed by atoms with Crippen LogP contribution in [0.1, 0.15) is 43.2 Å². The molecule has 0 aliphatic carbocycles. The van der Waals surface area contributed by atoms with Crippen LogP contribution in [0.2, 0.25) is 0 Å². The first-order valence-corrected chi connectivity index (χ1v) is 11.3. The number of rotatable bonds is 6. The first-order chi connectivity index (χ1) is 15.4. The molecule has 170 valence electrons. The van der Waals surface area contributed by atoms with Crippen LogP contribution in [-0.2, 0) is 11.3 Å². The van der Waals surface area contributed by atoms with E-state index in [2.05, 4.69) is 40.5 Å². The van der Waals surface area contributed by atoms with Crippen LogP contribution in [0, 0.1) is 6.92 Å². The lowest BCUT2D eigenvalue weighted by molar-refractivity contribution is -0.00545. The number of ether oxygens (including phenoxy) is 2. The van der Waals surface area contributed by atoms with Gasteiger partial charge in [0.05, 0.1) is 36.8 Å². The smallest absolute Gasteiger partial charge is 0.258 e. The molecule has 7 heteroatoms. The Hall–Kier alpha value is -3.06. The van der Waals surface area contributed by atoms with E-state index >= 15 is 0 Å². The molecule has 1 aliphatic heterocycles. The van der Waals surface area contributed by atoms with Gasteiger partial charge >= 0.3 is 0 Å². The molecule has 2 aromatic heterocycles. The van der Waals surface area contributed by atoms with Gasteiger partial charge in [-0.25, -0.2) is 4.98 Å². The number of methoxy groups -OCH3 is 1. The van der Waals surface area contributed by atoms with Gasteiger partial charge in [0.25, 0.3) is 5.91 Å². The third kappa shape index (κ3) is 4.30. The topological polar surface area (TPSA) is 68.6 Å². The van der Waals surface area contributed by atoms with Crippen molar-refractivity contribution < 1.29 is 14.3 Å². The van der Waals surface area contributed by atoms with E-state index in [0.29, 0.717) is 11.3 Å². The summed E-state index contributed by atoms with van der Waals surface area (Å²) in [5, 5.41) is 3.93. The highest BCUT2D eigenvalue weighted by molar-refractivity contribution is 6.14. The SMILES string of the molecule is CCCn1c(C)c(C(=O)Nc2ccc(N3CC(C)OC(C)C3)nc2)c2cc(OC)ccc21. The summed E-state index contributed by atoms with van der Waals surface area (Å²) >= 11 is 0. The molecule has 1 saturated heterocycles. The Balaban J connectivity index is 1.59. The third-order valence-corrected chi connectivity index (χ3v) is 5.95. The predicted molar refractivity (Wildman–Crippen MR) is 128 cm³/mol. The number of morpholine rings is 1. The lowest BCUT2D eigenvalue weighted by atomic mass is 10.1. The van der Waals surface area contributed by atoms with Crippen LogP contribution < -0.4 is 15.0 Å². The molecule has 7 nitrogen and oxygen atoms in total. The first kappa shape index (κ1) is 22.1. The van der Waals surface area contributed by atoms with Gasteiger partial charge in [-0.2, -0.15) is 0 Å². The number of amides is 1. The Labute approximate surface area is 189 Å². The van der Waals surface area contributed by atoms with Crippen LogP contribution in [-0.4, -0.2) is 47.9 Å². The maximum Gasteiger partial charge on any atom is 0.258 e. The zero-order valence-electron chi connectivity index (χ0n) is 19.5. The van der Waals surface area contributed by atoms with Crippen molar-refractivity contribution >= 4 is 28.3 Å². The molecule has 1 aromatic carbocycles. The number of hydrogen-bond acceptors (Lipinski definition) is 5. The lowest BCUT2D eigenvalue weighted by Crippen LogP contribution is -2.45. The van der Waals surface area contributed by atoms with E-state index in [1.54, 1.807) is 13.3 Å². The zero-order valence-corrected chi connectivity index (χ0v) is 19.5. The van der Waals surface area contributed by atoms with Crippen LogP contribution in [0.3, 0.4) is 0 Å². The molecule has 0 radical (unpaired) electrons. The fourth-order valence-electron chi connectivity index (χ4n) is 4.59. The van der Waals surface area contributed by atoms with Crippen LogP contribution in [0.5, 0.6) is 5.75 Å². The summed E-state index contributed by atoms with van der Waals surface area (Å²) in [6, 6.07) is 9.76. The summed E-state index contributed by atoms with van der Waals surface area (Å²) in [4.78, 5) is 20.1. The molecule has 4 rings (SSSR count). The van der Waals surface area contributed by atoms with Crippen molar-refractivity contribution in [3.63, 3.8) is 0 Å². The van der Waals surface area contributed by atoms with Crippen molar-refractivity contribution in [3.05, 3.63) is 47.8 Å². The first-order valence-electron chi connectivity index (χ1n) is 11.3. The Kier molecular flexibility index (Phi) is 6.37. The van der Waals surface area contributed by atoms with Crippen LogP contribution in [0.4, 0.5) is 11.5 Å². The molecule has 32 heavy (non-hydrogen) atoms. The molecular weight excluding hydrogens is 404 g/mol. The summed E-state index contributed by atoms with van der Waals surface area (Å²) in [5.74, 6) is 1.49. The van der Waals surface area contributed by atoms with Crippen LogP contribution >= 0.6 is 0 Å². The summed E-state index contributed by atoms with van der Waals surface area (Å²) in [7, 11) is 1.64. The second-order valence-electron chi connectivity index (χ2n) is 8.52.